The van der Waals surface area contributed by atoms with E-state index in [2.05, 4.69) is 20.4 Å². The number of aliphatic imine (C=N–C) groups is 1. The lowest BCUT2D eigenvalue weighted by Gasteiger charge is -2.15. The minimum Gasteiger partial charge on any atom is -0.434 e. The van der Waals surface area contributed by atoms with Crippen LogP contribution in [-0.2, 0) is 13.1 Å². The van der Waals surface area contributed by atoms with Gasteiger partial charge in [-0.15, -0.1) is 24.0 Å². The van der Waals surface area contributed by atoms with Gasteiger partial charge in [0.25, 0.3) is 0 Å². The van der Waals surface area contributed by atoms with Gasteiger partial charge in [-0.05, 0) is 17.7 Å². The number of ether oxygens (including phenoxy) is 1. The highest BCUT2D eigenvalue weighted by Crippen LogP contribution is 2.20. The number of alkyl halides is 2. The molecule has 136 valence electrons. The van der Waals surface area contributed by atoms with Gasteiger partial charge in [-0.1, -0.05) is 48.0 Å². The molecule has 0 aromatic heterocycles. The fraction of sp³-hybridized carbons (Fsp3) is 0.235. The van der Waals surface area contributed by atoms with E-state index in [9.17, 15) is 8.78 Å². The van der Waals surface area contributed by atoms with Crippen LogP contribution in [0.4, 0.5) is 8.78 Å². The third kappa shape index (κ3) is 7.03. The molecule has 0 saturated heterocycles. The van der Waals surface area contributed by atoms with Gasteiger partial charge in [0.15, 0.2) is 5.96 Å². The number of benzene rings is 2. The summed E-state index contributed by atoms with van der Waals surface area (Å²) in [6.45, 7) is -2.07. The molecule has 0 bridgehead atoms. The Morgan fingerprint density at radius 3 is 2.20 bits per heavy atom. The lowest BCUT2D eigenvalue weighted by atomic mass is 10.2. The molecule has 2 aromatic rings. The van der Waals surface area contributed by atoms with Crippen molar-refractivity contribution in [3.63, 3.8) is 0 Å². The maximum Gasteiger partial charge on any atom is 0.387 e. The molecule has 0 amide bonds. The minimum absolute atomic E-state index is 0. The molecule has 4 nitrogen and oxygen atoms in total. The molecule has 0 spiro atoms. The third-order valence-electron chi connectivity index (χ3n) is 3.26. The predicted molar refractivity (Wildman–Crippen MR) is 107 cm³/mol. The molecule has 0 aliphatic rings. The monoisotopic (exact) mass is 481 g/mol. The molecule has 0 aliphatic heterocycles. The van der Waals surface area contributed by atoms with E-state index in [1.54, 1.807) is 25.2 Å². The molecule has 2 rings (SSSR count). The van der Waals surface area contributed by atoms with Crippen LogP contribution in [0.3, 0.4) is 0 Å². The largest absolute Gasteiger partial charge is 0.434 e. The van der Waals surface area contributed by atoms with Crippen molar-refractivity contribution in [2.75, 3.05) is 7.05 Å². The first kappa shape index (κ1) is 21.4. The van der Waals surface area contributed by atoms with Gasteiger partial charge in [-0.25, -0.2) is 0 Å². The van der Waals surface area contributed by atoms with E-state index in [0.29, 0.717) is 29.6 Å². The van der Waals surface area contributed by atoms with Gasteiger partial charge >= 0.3 is 6.61 Å². The van der Waals surface area contributed by atoms with Crippen LogP contribution in [0.2, 0.25) is 5.02 Å². The predicted octanol–water partition coefficient (Wildman–Crippen LogP) is 4.42. The van der Waals surface area contributed by atoms with Gasteiger partial charge in [-0.2, -0.15) is 8.78 Å². The highest BCUT2D eigenvalue weighted by atomic mass is 127. The molecule has 0 saturated carbocycles. The summed E-state index contributed by atoms with van der Waals surface area (Å²) in [6, 6.07) is 14.1. The van der Waals surface area contributed by atoms with Crippen molar-refractivity contribution in [2.45, 2.75) is 19.7 Å². The lowest BCUT2D eigenvalue weighted by molar-refractivity contribution is -0.0504. The Morgan fingerprint density at radius 2 is 1.60 bits per heavy atom. The van der Waals surface area contributed by atoms with E-state index in [1.807, 2.05) is 24.3 Å². The summed E-state index contributed by atoms with van der Waals surface area (Å²) >= 11 is 6.11. The molecule has 0 heterocycles. The molecule has 25 heavy (non-hydrogen) atoms. The van der Waals surface area contributed by atoms with E-state index in [4.69, 9.17) is 11.6 Å². The number of rotatable bonds is 6. The molecule has 0 radical (unpaired) electrons. The summed E-state index contributed by atoms with van der Waals surface area (Å²) in [7, 11) is 1.63. The Balaban J connectivity index is 0.00000312. The van der Waals surface area contributed by atoms with Gasteiger partial charge in [0, 0.05) is 30.7 Å². The van der Waals surface area contributed by atoms with Crippen molar-refractivity contribution < 1.29 is 13.5 Å². The Hall–Kier alpha value is -1.61. The molecule has 2 aromatic carbocycles. The first-order valence-electron chi connectivity index (χ1n) is 7.30. The summed E-state index contributed by atoms with van der Waals surface area (Å²) < 4.78 is 29.3. The Morgan fingerprint density at radius 1 is 1.04 bits per heavy atom. The summed E-state index contributed by atoms with van der Waals surface area (Å²) in [6.07, 6.45) is 0. The van der Waals surface area contributed by atoms with Crippen LogP contribution >= 0.6 is 35.6 Å². The number of guanidine groups is 1. The van der Waals surface area contributed by atoms with Crippen LogP contribution in [-0.4, -0.2) is 19.6 Å². The van der Waals surface area contributed by atoms with Crippen molar-refractivity contribution in [2.24, 2.45) is 4.99 Å². The highest BCUT2D eigenvalue weighted by Gasteiger charge is 2.09. The summed E-state index contributed by atoms with van der Waals surface area (Å²) in [5.74, 6) is 0.670. The van der Waals surface area contributed by atoms with Gasteiger partial charge in [0.1, 0.15) is 5.75 Å². The van der Waals surface area contributed by atoms with Crippen molar-refractivity contribution in [3.8, 4) is 5.75 Å². The number of nitrogens with one attached hydrogen (secondary N) is 2. The minimum atomic E-state index is -2.86. The Kier molecular flexibility index (Phi) is 9.51. The summed E-state index contributed by atoms with van der Waals surface area (Å²) in [4.78, 5) is 4.10. The summed E-state index contributed by atoms with van der Waals surface area (Å²) in [5.41, 5.74) is 1.54. The highest BCUT2D eigenvalue weighted by molar-refractivity contribution is 14.0. The fourth-order valence-corrected chi connectivity index (χ4v) is 2.28. The second-order valence-corrected chi connectivity index (χ2v) is 5.26. The number of hydrogen-bond donors (Lipinski definition) is 2. The molecular formula is C17H19ClF2IN3O. The van der Waals surface area contributed by atoms with E-state index >= 15 is 0 Å². The smallest absolute Gasteiger partial charge is 0.387 e. The van der Waals surface area contributed by atoms with Crippen LogP contribution in [0, 0.1) is 0 Å². The normalized spacial score (nSPS) is 11.0. The fourth-order valence-electron chi connectivity index (χ4n) is 2.08. The zero-order chi connectivity index (χ0) is 17.4. The average Bonchev–Trinajstić information content (AvgIpc) is 2.57. The first-order valence-corrected chi connectivity index (χ1v) is 7.68. The van der Waals surface area contributed by atoms with Crippen molar-refractivity contribution in [1.29, 1.82) is 0 Å². The summed E-state index contributed by atoms with van der Waals surface area (Å²) in [5, 5.41) is 6.85. The third-order valence-corrected chi connectivity index (χ3v) is 3.63. The number of para-hydroxylation sites is 1. The van der Waals surface area contributed by atoms with E-state index in [-0.39, 0.29) is 29.7 Å². The number of nitrogens with zero attached hydrogens (tertiary/aromatic N) is 1. The molecule has 2 N–H and O–H groups in total. The van der Waals surface area contributed by atoms with E-state index in [0.717, 1.165) is 5.56 Å². The number of hydrogen-bond acceptors (Lipinski definition) is 2. The second-order valence-electron chi connectivity index (χ2n) is 4.86. The van der Waals surface area contributed by atoms with Crippen LogP contribution in [0.25, 0.3) is 0 Å². The van der Waals surface area contributed by atoms with E-state index in [1.165, 1.54) is 6.07 Å². The van der Waals surface area contributed by atoms with Crippen molar-refractivity contribution >= 4 is 41.5 Å². The molecule has 8 heteroatoms. The quantitative estimate of drug-likeness (QED) is 0.365. The Bertz CT molecular complexity index is 701. The van der Waals surface area contributed by atoms with Crippen LogP contribution < -0.4 is 15.4 Å². The van der Waals surface area contributed by atoms with E-state index < -0.39 is 6.61 Å². The van der Waals surface area contributed by atoms with Crippen LogP contribution in [0.5, 0.6) is 5.75 Å². The zero-order valence-electron chi connectivity index (χ0n) is 13.5. The van der Waals surface area contributed by atoms with Crippen LogP contribution in [0.1, 0.15) is 11.1 Å². The number of halogens is 4. The molecular weight excluding hydrogens is 463 g/mol. The van der Waals surface area contributed by atoms with Crippen molar-refractivity contribution in [1.82, 2.24) is 10.6 Å². The van der Waals surface area contributed by atoms with Gasteiger partial charge in [0.05, 0.1) is 0 Å². The lowest BCUT2D eigenvalue weighted by Crippen LogP contribution is -2.36. The molecule has 0 fully saturated rings. The van der Waals surface area contributed by atoms with Crippen molar-refractivity contribution in [3.05, 3.63) is 64.7 Å². The second kappa shape index (κ2) is 11.1. The average molecular weight is 482 g/mol. The molecule has 0 unspecified atom stereocenters. The maximum atomic E-state index is 12.4. The van der Waals surface area contributed by atoms with Gasteiger partial charge in [-0.3, -0.25) is 4.99 Å². The molecule has 0 aliphatic carbocycles. The standard InChI is InChI=1S/C17H18ClF2N3O.HI/c1-21-17(22-10-12-6-2-4-8-14(12)18)23-11-13-7-3-5-9-15(13)24-16(19)20;/h2-9,16H,10-11H2,1H3,(H2,21,22,23);1H. The SMILES string of the molecule is CN=C(NCc1ccccc1Cl)NCc1ccccc1OC(F)F.I. The van der Waals surface area contributed by atoms with Crippen LogP contribution in [0.15, 0.2) is 53.5 Å². The zero-order valence-corrected chi connectivity index (χ0v) is 16.6. The van der Waals surface area contributed by atoms with Gasteiger partial charge in [0.2, 0.25) is 0 Å². The maximum absolute atomic E-state index is 12.4. The Labute approximate surface area is 167 Å². The first-order chi connectivity index (χ1) is 11.6. The topological polar surface area (TPSA) is 45.7 Å². The molecule has 0 atom stereocenters. The van der Waals surface area contributed by atoms with Gasteiger partial charge < -0.3 is 15.4 Å².